The molecule has 1 aromatic carbocycles. The van der Waals surface area contributed by atoms with Crippen LogP contribution in [0, 0.1) is 0 Å². The number of carbonyl (C=O) groups excluding carboxylic acids is 2. The van der Waals surface area contributed by atoms with E-state index >= 15 is 0 Å². The number of benzene rings is 1. The van der Waals surface area contributed by atoms with Gasteiger partial charge in [0.05, 0.1) is 0 Å². The lowest BCUT2D eigenvalue weighted by Crippen LogP contribution is -2.12. The minimum Gasteiger partial charge on any atom is -0.291 e. The first-order valence-corrected chi connectivity index (χ1v) is 5.93. The Morgan fingerprint density at radius 2 is 1.25 bits per heavy atom. The van der Waals surface area contributed by atoms with Gasteiger partial charge in [-0.1, -0.05) is 64.6 Å². The van der Waals surface area contributed by atoms with Crippen LogP contribution in [0.2, 0.25) is 0 Å². The molecule has 0 atom stereocenters. The number of hydrogen-bond donors (Lipinski definition) is 0. The lowest BCUT2D eigenvalue weighted by molar-refractivity contribution is 0.101. The molecule has 0 bridgehead atoms. The van der Waals surface area contributed by atoms with Crippen LogP contribution in [0.1, 0.15) is 20.7 Å². The van der Waals surface area contributed by atoms with Crippen LogP contribution in [0.5, 0.6) is 0 Å². The summed E-state index contributed by atoms with van der Waals surface area (Å²) in [4.78, 5) is 20.6. The van der Waals surface area contributed by atoms with Gasteiger partial charge >= 0.3 is 0 Å². The summed E-state index contributed by atoms with van der Waals surface area (Å²) in [6.07, 6.45) is 0. The Labute approximate surface area is 112 Å². The number of Topliss-reactive ketones (excluding diaryl/α,β-unsaturated/α-hetero) is 2. The van der Waals surface area contributed by atoms with Gasteiger partial charge in [-0.2, -0.15) is 0 Å². The second kappa shape index (κ2) is 5.87. The average Bonchev–Trinajstić information content (AvgIpc) is 2.26. The van der Waals surface area contributed by atoms with Crippen molar-refractivity contribution < 1.29 is 9.59 Å². The van der Waals surface area contributed by atoms with Gasteiger partial charge in [0, 0.05) is 11.1 Å². The Kier molecular flexibility index (Phi) is 5.06. The molecule has 0 aliphatic carbocycles. The van der Waals surface area contributed by atoms with Crippen molar-refractivity contribution in [2.45, 2.75) is 9.67 Å². The molecule has 6 heteroatoms. The number of halogens is 4. The highest BCUT2D eigenvalue weighted by atomic mass is 35.5. The van der Waals surface area contributed by atoms with E-state index in [9.17, 15) is 9.59 Å². The summed E-state index contributed by atoms with van der Waals surface area (Å²) in [5, 5.41) is 0. The van der Waals surface area contributed by atoms with Crippen molar-refractivity contribution in [2.24, 2.45) is 0 Å². The van der Waals surface area contributed by atoms with E-state index < -0.39 is 21.2 Å². The van der Waals surface area contributed by atoms with Crippen LogP contribution in [-0.4, -0.2) is 21.2 Å². The minimum absolute atomic E-state index is 0.245. The molecule has 0 spiro atoms. The molecule has 0 saturated heterocycles. The summed E-state index contributed by atoms with van der Waals surface area (Å²) < 4.78 is 0. The highest BCUT2D eigenvalue weighted by Gasteiger charge is 2.18. The van der Waals surface area contributed by atoms with Crippen LogP contribution in [-0.2, 0) is 0 Å². The fourth-order valence-corrected chi connectivity index (χ4v) is 1.58. The van der Waals surface area contributed by atoms with E-state index in [0.717, 1.165) is 0 Å². The molecule has 0 fully saturated rings. The van der Waals surface area contributed by atoms with Gasteiger partial charge in [-0.25, -0.2) is 0 Å². The highest BCUT2D eigenvalue weighted by Crippen LogP contribution is 2.17. The van der Waals surface area contributed by atoms with Crippen molar-refractivity contribution in [2.75, 3.05) is 0 Å². The van der Waals surface area contributed by atoms with Crippen molar-refractivity contribution in [3.8, 4) is 0 Å². The number of hydrogen-bond acceptors (Lipinski definition) is 2. The van der Waals surface area contributed by atoms with Gasteiger partial charge in [-0.3, -0.25) is 9.59 Å². The van der Waals surface area contributed by atoms with E-state index in [4.69, 9.17) is 46.4 Å². The molecule has 0 aliphatic heterocycles. The lowest BCUT2D eigenvalue weighted by Gasteiger charge is -2.04. The molecular formula is C10H6Cl4O2. The van der Waals surface area contributed by atoms with Crippen LogP contribution >= 0.6 is 46.4 Å². The van der Waals surface area contributed by atoms with Crippen LogP contribution in [0.4, 0.5) is 0 Å². The molecule has 0 heterocycles. The van der Waals surface area contributed by atoms with Crippen molar-refractivity contribution in [3.05, 3.63) is 35.4 Å². The second-order valence-corrected chi connectivity index (χ2v) is 5.10. The maximum Gasteiger partial charge on any atom is 0.195 e. The summed E-state index contributed by atoms with van der Waals surface area (Å²) in [5.41, 5.74) is 0.490. The molecule has 0 aromatic heterocycles. The van der Waals surface area contributed by atoms with Crippen LogP contribution in [0.15, 0.2) is 24.3 Å². The minimum atomic E-state index is -1.16. The van der Waals surface area contributed by atoms with E-state index in [2.05, 4.69) is 0 Å². The standard InChI is InChI=1S/C10H6Cl4O2/c11-9(12)7(15)5-2-1-3-6(4-5)8(16)10(13)14/h1-4,9-10H. The van der Waals surface area contributed by atoms with Gasteiger partial charge in [-0.15, -0.1) is 0 Å². The summed E-state index contributed by atoms with van der Waals surface area (Å²) in [6.45, 7) is 0. The molecule has 16 heavy (non-hydrogen) atoms. The fourth-order valence-electron chi connectivity index (χ4n) is 1.08. The third-order valence-corrected chi connectivity index (χ3v) is 2.62. The Morgan fingerprint density at radius 3 is 1.56 bits per heavy atom. The second-order valence-electron chi connectivity index (χ2n) is 2.91. The van der Waals surface area contributed by atoms with Gasteiger partial charge < -0.3 is 0 Å². The fraction of sp³-hybridized carbons (Fsp3) is 0.200. The molecule has 0 N–H and O–H groups in total. The lowest BCUT2D eigenvalue weighted by atomic mass is 10.1. The number of alkyl halides is 4. The topological polar surface area (TPSA) is 34.1 Å². The van der Waals surface area contributed by atoms with E-state index in [-0.39, 0.29) is 11.1 Å². The molecule has 0 saturated carbocycles. The summed E-state index contributed by atoms with van der Waals surface area (Å²) >= 11 is 21.7. The quantitative estimate of drug-likeness (QED) is 0.628. The van der Waals surface area contributed by atoms with E-state index in [0.29, 0.717) is 0 Å². The Bertz CT molecular complexity index is 380. The molecule has 1 rings (SSSR count). The first-order valence-electron chi connectivity index (χ1n) is 4.18. The predicted octanol–water partition coefficient (Wildman–Crippen LogP) is 3.66. The number of carbonyl (C=O) groups is 2. The van der Waals surface area contributed by atoms with Crippen molar-refractivity contribution in [3.63, 3.8) is 0 Å². The molecule has 0 unspecified atom stereocenters. The Balaban J connectivity index is 3.05. The maximum absolute atomic E-state index is 11.4. The van der Waals surface area contributed by atoms with Gasteiger partial charge in [0.1, 0.15) is 0 Å². The molecule has 1 aromatic rings. The molecule has 0 amide bonds. The first-order chi connectivity index (χ1) is 7.43. The summed E-state index contributed by atoms with van der Waals surface area (Å²) in [5.74, 6) is -0.947. The smallest absolute Gasteiger partial charge is 0.195 e. The van der Waals surface area contributed by atoms with Gasteiger partial charge in [0.2, 0.25) is 0 Å². The van der Waals surface area contributed by atoms with Gasteiger partial charge in [0.25, 0.3) is 0 Å². The third kappa shape index (κ3) is 3.36. The third-order valence-electron chi connectivity index (χ3n) is 1.83. The first kappa shape index (κ1) is 13.8. The zero-order valence-corrected chi connectivity index (χ0v) is 10.8. The van der Waals surface area contributed by atoms with Crippen molar-refractivity contribution in [1.29, 1.82) is 0 Å². The zero-order chi connectivity index (χ0) is 12.3. The van der Waals surface area contributed by atoms with E-state index in [1.807, 2.05) is 0 Å². The SMILES string of the molecule is O=C(c1cccc(C(=O)C(Cl)Cl)c1)C(Cl)Cl. The van der Waals surface area contributed by atoms with Crippen LogP contribution in [0.3, 0.4) is 0 Å². The predicted molar refractivity (Wildman–Crippen MR) is 66.1 cm³/mol. The summed E-state index contributed by atoms with van der Waals surface area (Å²) in [6, 6.07) is 5.91. The van der Waals surface area contributed by atoms with Crippen LogP contribution < -0.4 is 0 Å². The normalized spacial score (nSPS) is 10.9. The Morgan fingerprint density at radius 1 is 0.875 bits per heavy atom. The van der Waals surface area contributed by atoms with Crippen molar-refractivity contribution >= 4 is 58.0 Å². The largest absolute Gasteiger partial charge is 0.291 e. The zero-order valence-electron chi connectivity index (χ0n) is 7.79. The van der Waals surface area contributed by atoms with Gasteiger partial charge in [0.15, 0.2) is 21.2 Å². The number of ketones is 2. The molecular weight excluding hydrogens is 294 g/mol. The van der Waals surface area contributed by atoms with E-state index in [1.165, 1.54) is 24.3 Å². The van der Waals surface area contributed by atoms with Crippen molar-refractivity contribution in [1.82, 2.24) is 0 Å². The Hall–Kier alpha value is -0.280. The van der Waals surface area contributed by atoms with Gasteiger partial charge in [-0.05, 0) is 6.07 Å². The summed E-state index contributed by atoms with van der Waals surface area (Å²) in [7, 11) is 0. The molecule has 0 aliphatic rings. The molecule has 86 valence electrons. The maximum atomic E-state index is 11.4. The van der Waals surface area contributed by atoms with E-state index in [1.54, 1.807) is 0 Å². The average molecular weight is 300 g/mol. The highest BCUT2D eigenvalue weighted by molar-refractivity contribution is 6.56. The molecule has 2 nitrogen and oxygen atoms in total. The number of rotatable bonds is 4. The van der Waals surface area contributed by atoms with Crippen LogP contribution in [0.25, 0.3) is 0 Å². The molecule has 0 radical (unpaired) electrons. The monoisotopic (exact) mass is 298 g/mol.